The zero-order chi connectivity index (χ0) is 13.8. The van der Waals surface area contributed by atoms with Crippen LogP contribution >= 0.6 is 69.6 Å². The van der Waals surface area contributed by atoms with E-state index in [-0.39, 0.29) is 0 Å². The van der Waals surface area contributed by atoms with Crippen molar-refractivity contribution in [3.63, 3.8) is 0 Å². The minimum absolute atomic E-state index is 0.308. The van der Waals surface area contributed by atoms with Crippen LogP contribution in [0.25, 0.3) is 10.8 Å². The molecule has 0 spiro atoms. The van der Waals surface area contributed by atoms with Crippen LogP contribution in [-0.4, -0.2) is 0 Å². The molecule has 18 heavy (non-hydrogen) atoms. The lowest BCUT2D eigenvalue weighted by Gasteiger charge is -2.15. The SMILES string of the molecule is Cc1c(Cl)c(Cl)c2c(Cl)c(Cl)c(C)c(Cl)c2c1Cl. The van der Waals surface area contributed by atoms with Crippen molar-refractivity contribution in [1.82, 2.24) is 0 Å². The maximum Gasteiger partial charge on any atom is 0.0690 e. The summed E-state index contributed by atoms with van der Waals surface area (Å²) in [6.07, 6.45) is 0. The molecule has 0 aliphatic heterocycles. The van der Waals surface area contributed by atoms with Crippen LogP contribution in [0.1, 0.15) is 11.1 Å². The fourth-order valence-corrected chi connectivity index (χ4v) is 3.55. The summed E-state index contributed by atoms with van der Waals surface area (Å²) in [4.78, 5) is 0. The second kappa shape index (κ2) is 5.09. The monoisotopic (exact) mass is 360 g/mol. The summed E-state index contributed by atoms with van der Waals surface area (Å²) < 4.78 is 0. The molecule has 2 rings (SSSR count). The van der Waals surface area contributed by atoms with Crippen molar-refractivity contribution in [2.24, 2.45) is 0 Å². The molecule has 0 radical (unpaired) electrons. The Morgan fingerprint density at radius 2 is 0.722 bits per heavy atom. The molecule has 2 aromatic carbocycles. The Balaban J connectivity index is 3.22. The summed E-state index contributed by atoms with van der Waals surface area (Å²) in [6.45, 7) is 3.54. The van der Waals surface area contributed by atoms with Crippen molar-refractivity contribution in [2.75, 3.05) is 0 Å². The maximum absolute atomic E-state index is 6.28. The van der Waals surface area contributed by atoms with E-state index in [1.54, 1.807) is 13.8 Å². The van der Waals surface area contributed by atoms with E-state index in [2.05, 4.69) is 0 Å². The van der Waals surface area contributed by atoms with Crippen molar-refractivity contribution in [2.45, 2.75) is 13.8 Å². The zero-order valence-corrected chi connectivity index (χ0v) is 13.8. The first-order valence-electron chi connectivity index (χ1n) is 4.88. The molecule has 0 fully saturated rings. The molecular formula is C12H6Cl6. The summed E-state index contributed by atoms with van der Waals surface area (Å²) in [6, 6.07) is 0. The second-order valence-electron chi connectivity index (χ2n) is 3.88. The molecule has 0 aliphatic rings. The molecule has 0 saturated carbocycles. The lowest BCUT2D eigenvalue weighted by atomic mass is 10.0. The normalized spacial score (nSPS) is 11.3. The van der Waals surface area contributed by atoms with E-state index in [0.29, 0.717) is 52.0 Å². The van der Waals surface area contributed by atoms with Crippen molar-refractivity contribution in [3.05, 3.63) is 41.3 Å². The van der Waals surface area contributed by atoms with Crippen LogP contribution in [-0.2, 0) is 0 Å². The van der Waals surface area contributed by atoms with Gasteiger partial charge < -0.3 is 0 Å². The van der Waals surface area contributed by atoms with Gasteiger partial charge in [-0.05, 0) is 25.0 Å². The van der Waals surface area contributed by atoms with Crippen LogP contribution in [0.4, 0.5) is 0 Å². The quantitative estimate of drug-likeness (QED) is 0.429. The molecule has 0 nitrogen and oxygen atoms in total. The van der Waals surface area contributed by atoms with Crippen LogP contribution < -0.4 is 0 Å². The van der Waals surface area contributed by atoms with Crippen molar-refractivity contribution < 1.29 is 0 Å². The summed E-state index contributed by atoms with van der Waals surface area (Å²) in [7, 11) is 0. The molecule has 2 aromatic rings. The summed E-state index contributed by atoms with van der Waals surface area (Å²) in [5.74, 6) is 0. The second-order valence-corrected chi connectivity index (χ2v) is 6.15. The molecule has 0 aromatic heterocycles. The highest BCUT2D eigenvalue weighted by molar-refractivity contribution is 6.56. The molecule has 96 valence electrons. The Hall–Kier alpha value is 0.440. The minimum atomic E-state index is 0.308. The first-order chi connectivity index (χ1) is 8.29. The average molecular weight is 363 g/mol. The van der Waals surface area contributed by atoms with Crippen LogP contribution in [0, 0.1) is 13.8 Å². The largest absolute Gasteiger partial charge is 0.0833 e. The topological polar surface area (TPSA) is 0 Å². The third-order valence-corrected chi connectivity index (χ3v) is 5.67. The summed E-state index contributed by atoms with van der Waals surface area (Å²) in [5, 5.41) is 3.26. The van der Waals surface area contributed by atoms with Crippen LogP contribution in [0.2, 0.25) is 30.1 Å². The molecule has 0 atom stereocenters. The van der Waals surface area contributed by atoms with E-state index in [9.17, 15) is 0 Å². The molecule has 0 saturated heterocycles. The minimum Gasteiger partial charge on any atom is -0.0833 e. The van der Waals surface area contributed by atoms with Crippen LogP contribution in [0.3, 0.4) is 0 Å². The Kier molecular flexibility index (Phi) is 4.19. The first-order valence-corrected chi connectivity index (χ1v) is 7.15. The smallest absolute Gasteiger partial charge is 0.0690 e. The number of halogens is 6. The van der Waals surface area contributed by atoms with Gasteiger partial charge in [0.1, 0.15) is 0 Å². The van der Waals surface area contributed by atoms with Gasteiger partial charge in [-0.1, -0.05) is 69.6 Å². The number of hydrogen-bond acceptors (Lipinski definition) is 0. The van der Waals surface area contributed by atoms with Gasteiger partial charge >= 0.3 is 0 Å². The van der Waals surface area contributed by atoms with E-state index in [4.69, 9.17) is 69.6 Å². The van der Waals surface area contributed by atoms with Crippen molar-refractivity contribution in [1.29, 1.82) is 0 Å². The highest BCUT2D eigenvalue weighted by atomic mass is 35.5. The highest BCUT2D eigenvalue weighted by Crippen LogP contribution is 2.49. The zero-order valence-electron chi connectivity index (χ0n) is 9.27. The van der Waals surface area contributed by atoms with Gasteiger partial charge in [-0.2, -0.15) is 0 Å². The molecule has 0 bridgehead atoms. The third-order valence-electron chi connectivity index (χ3n) is 2.83. The van der Waals surface area contributed by atoms with E-state index >= 15 is 0 Å². The van der Waals surface area contributed by atoms with Gasteiger partial charge in [-0.25, -0.2) is 0 Å². The van der Waals surface area contributed by atoms with E-state index in [1.807, 2.05) is 0 Å². The van der Waals surface area contributed by atoms with Crippen molar-refractivity contribution >= 4 is 80.4 Å². The van der Waals surface area contributed by atoms with Gasteiger partial charge in [0.05, 0.1) is 30.1 Å². The standard InChI is InChI=1S/C12H6Cl6/c1-3-7(13)5-6(11(17)9(3)15)12(18)10(16)4(2)8(5)14/h1-2H3. The van der Waals surface area contributed by atoms with Gasteiger partial charge in [0.25, 0.3) is 0 Å². The predicted molar refractivity (Wildman–Crippen MR) is 83.5 cm³/mol. The van der Waals surface area contributed by atoms with Crippen molar-refractivity contribution in [3.8, 4) is 0 Å². The Bertz CT molecular complexity index is 562. The van der Waals surface area contributed by atoms with Crippen LogP contribution in [0.15, 0.2) is 0 Å². The highest BCUT2D eigenvalue weighted by Gasteiger charge is 2.22. The fraction of sp³-hybridized carbons (Fsp3) is 0.167. The summed E-state index contributed by atoms with van der Waals surface area (Å²) >= 11 is 37.2. The lowest BCUT2D eigenvalue weighted by molar-refractivity contribution is 1.47. The van der Waals surface area contributed by atoms with Gasteiger partial charge in [0.2, 0.25) is 0 Å². The Labute approximate surface area is 135 Å². The first kappa shape index (κ1) is 14.8. The Morgan fingerprint density at radius 3 is 1.06 bits per heavy atom. The molecule has 0 amide bonds. The fourth-order valence-electron chi connectivity index (χ4n) is 1.75. The van der Waals surface area contributed by atoms with E-state index < -0.39 is 0 Å². The van der Waals surface area contributed by atoms with Gasteiger partial charge in [0, 0.05) is 10.8 Å². The molecule has 0 heterocycles. The number of benzene rings is 2. The average Bonchev–Trinajstić information content (AvgIpc) is 2.35. The lowest BCUT2D eigenvalue weighted by Crippen LogP contribution is -1.90. The predicted octanol–water partition coefficient (Wildman–Crippen LogP) is 7.38. The van der Waals surface area contributed by atoms with Crippen LogP contribution in [0.5, 0.6) is 0 Å². The van der Waals surface area contributed by atoms with Gasteiger partial charge in [-0.15, -0.1) is 0 Å². The van der Waals surface area contributed by atoms with Gasteiger partial charge in [0.15, 0.2) is 0 Å². The van der Waals surface area contributed by atoms with Gasteiger partial charge in [-0.3, -0.25) is 0 Å². The molecule has 0 N–H and O–H groups in total. The maximum atomic E-state index is 6.28. The summed E-state index contributed by atoms with van der Waals surface area (Å²) in [5.41, 5.74) is 1.33. The number of fused-ring (bicyclic) bond motifs is 1. The molecule has 0 aliphatic carbocycles. The molecular weight excluding hydrogens is 357 g/mol. The van der Waals surface area contributed by atoms with E-state index in [1.165, 1.54) is 0 Å². The third kappa shape index (κ3) is 1.98. The number of hydrogen-bond donors (Lipinski definition) is 0. The number of rotatable bonds is 0. The molecule has 0 unspecified atom stereocenters. The van der Waals surface area contributed by atoms with E-state index in [0.717, 1.165) is 0 Å². The molecule has 6 heteroatoms. The Morgan fingerprint density at radius 1 is 0.444 bits per heavy atom.